The average molecular weight is 354 g/mol. The molecular formula is C19H34N2O4. The van der Waals surface area contributed by atoms with E-state index < -0.39 is 11.7 Å². The Bertz CT molecular complexity index is 513. The van der Waals surface area contributed by atoms with Gasteiger partial charge < -0.3 is 20.3 Å². The predicted molar refractivity (Wildman–Crippen MR) is 102 cm³/mol. The number of carbonyl (C=O) groups excluding carboxylic acids is 1. The molecule has 1 aromatic carbocycles. The number of amides is 1. The summed E-state index contributed by atoms with van der Waals surface area (Å²) in [6, 6.07) is 5.55. The monoisotopic (exact) mass is 354 g/mol. The van der Waals surface area contributed by atoms with Gasteiger partial charge in [0.25, 0.3) is 0 Å². The Morgan fingerprint density at radius 3 is 2.44 bits per heavy atom. The smallest absolute Gasteiger partial charge is 0.414 e. The zero-order chi connectivity index (χ0) is 19.5. The van der Waals surface area contributed by atoms with Crippen molar-refractivity contribution in [1.82, 2.24) is 0 Å². The predicted octanol–water partition coefficient (Wildman–Crippen LogP) is 3.35. The zero-order valence-corrected chi connectivity index (χ0v) is 16.5. The Balaban J connectivity index is 0.00000277. The molecular weight excluding hydrogens is 320 g/mol. The van der Waals surface area contributed by atoms with Crippen LogP contribution in [0.15, 0.2) is 18.2 Å². The van der Waals surface area contributed by atoms with Crippen molar-refractivity contribution in [1.29, 1.82) is 0 Å². The van der Waals surface area contributed by atoms with Gasteiger partial charge in [-0.15, -0.1) is 0 Å². The molecule has 1 rings (SSSR count). The van der Waals surface area contributed by atoms with Gasteiger partial charge in [-0.25, -0.2) is 4.79 Å². The van der Waals surface area contributed by atoms with Crippen LogP contribution < -0.4 is 15.4 Å². The fourth-order valence-corrected chi connectivity index (χ4v) is 1.98. The highest BCUT2D eigenvalue weighted by Crippen LogP contribution is 2.27. The van der Waals surface area contributed by atoms with Gasteiger partial charge >= 0.3 is 6.09 Å². The first-order valence-electron chi connectivity index (χ1n) is 8.82. The summed E-state index contributed by atoms with van der Waals surface area (Å²) < 4.78 is 10.9. The molecule has 25 heavy (non-hydrogen) atoms. The van der Waals surface area contributed by atoms with E-state index in [1.807, 2.05) is 46.8 Å². The Hall–Kier alpha value is -1.79. The van der Waals surface area contributed by atoms with Crippen molar-refractivity contribution in [3.05, 3.63) is 23.8 Å². The first-order chi connectivity index (χ1) is 11.8. The van der Waals surface area contributed by atoms with Gasteiger partial charge in [-0.05, 0) is 51.8 Å². The number of hydrogen-bond acceptors (Lipinski definition) is 5. The van der Waals surface area contributed by atoms with Gasteiger partial charge in [0, 0.05) is 13.1 Å². The van der Waals surface area contributed by atoms with Crippen LogP contribution in [0.4, 0.5) is 10.5 Å². The van der Waals surface area contributed by atoms with Crippen LogP contribution >= 0.6 is 0 Å². The van der Waals surface area contributed by atoms with Gasteiger partial charge in [-0.2, -0.15) is 0 Å². The van der Waals surface area contributed by atoms with Crippen LogP contribution in [0.1, 0.15) is 46.6 Å². The van der Waals surface area contributed by atoms with E-state index in [0.717, 1.165) is 18.4 Å². The molecule has 0 saturated heterocycles. The van der Waals surface area contributed by atoms with Gasteiger partial charge in [-0.1, -0.05) is 19.9 Å². The lowest BCUT2D eigenvalue weighted by Gasteiger charge is -2.25. The van der Waals surface area contributed by atoms with Crippen molar-refractivity contribution < 1.29 is 19.4 Å². The lowest BCUT2D eigenvalue weighted by molar-refractivity contribution is 0.0589. The molecule has 1 amide bonds. The minimum Gasteiger partial charge on any atom is -0.491 e. The number of nitrogens with zero attached hydrogens (tertiary/aromatic N) is 1. The van der Waals surface area contributed by atoms with E-state index in [-0.39, 0.29) is 13.2 Å². The van der Waals surface area contributed by atoms with Crippen LogP contribution in [0.25, 0.3) is 0 Å². The minimum atomic E-state index is -0.553. The lowest BCUT2D eigenvalue weighted by Crippen LogP contribution is -2.34. The Kier molecular flexibility index (Phi) is 10.9. The molecule has 0 atom stereocenters. The summed E-state index contributed by atoms with van der Waals surface area (Å²) in [7, 11) is 1.65. The summed E-state index contributed by atoms with van der Waals surface area (Å²) in [5, 5.41) is 8.96. The van der Waals surface area contributed by atoms with E-state index in [4.69, 9.17) is 20.3 Å². The number of nitrogens with two attached hydrogens (primary N) is 1. The summed E-state index contributed by atoms with van der Waals surface area (Å²) >= 11 is 0. The Morgan fingerprint density at radius 1 is 1.28 bits per heavy atom. The van der Waals surface area contributed by atoms with Crippen LogP contribution in [0.2, 0.25) is 0 Å². The van der Waals surface area contributed by atoms with E-state index in [0.29, 0.717) is 18.0 Å². The number of anilines is 1. The molecule has 0 radical (unpaired) electrons. The van der Waals surface area contributed by atoms with Crippen LogP contribution in [-0.2, 0) is 11.2 Å². The molecule has 0 unspecified atom stereocenters. The van der Waals surface area contributed by atoms with E-state index >= 15 is 0 Å². The number of ether oxygens (including phenoxy) is 2. The molecule has 6 heteroatoms. The topological polar surface area (TPSA) is 85.0 Å². The van der Waals surface area contributed by atoms with Crippen molar-refractivity contribution in [2.24, 2.45) is 5.73 Å². The number of aliphatic hydroxyl groups is 1. The van der Waals surface area contributed by atoms with Gasteiger partial charge in [0.1, 0.15) is 18.0 Å². The molecule has 0 saturated carbocycles. The van der Waals surface area contributed by atoms with E-state index in [9.17, 15) is 4.79 Å². The van der Waals surface area contributed by atoms with Gasteiger partial charge in [0.15, 0.2) is 0 Å². The zero-order valence-electron chi connectivity index (χ0n) is 16.5. The standard InChI is InChI=1S/C17H28N2O4.C2H6/c1-17(2,3)23-16(21)19(4)14-8-7-13(6-5-9-18)15(12-14)22-11-10-20;1-2/h7-8,12,20H,5-6,9-11,18H2,1-4H3;1-2H3. The minimum absolute atomic E-state index is 0.0670. The molecule has 0 aliphatic heterocycles. The third kappa shape index (κ3) is 8.74. The highest BCUT2D eigenvalue weighted by molar-refractivity contribution is 5.87. The average Bonchev–Trinajstić information content (AvgIpc) is 2.58. The molecule has 0 heterocycles. The fourth-order valence-electron chi connectivity index (χ4n) is 1.98. The Morgan fingerprint density at radius 2 is 1.92 bits per heavy atom. The number of aryl methyl sites for hydroxylation is 1. The van der Waals surface area contributed by atoms with E-state index in [2.05, 4.69) is 0 Å². The molecule has 0 spiro atoms. The van der Waals surface area contributed by atoms with Crippen molar-refractivity contribution >= 4 is 11.8 Å². The lowest BCUT2D eigenvalue weighted by atomic mass is 10.1. The summed E-state index contributed by atoms with van der Waals surface area (Å²) in [6.07, 6.45) is 1.20. The van der Waals surface area contributed by atoms with Crippen LogP contribution in [0.5, 0.6) is 5.75 Å². The molecule has 0 aromatic heterocycles. The maximum Gasteiger partial charge on any atom is 0.414 e. The second-order valence-corrected chi connectivity index (χ2v) is 6.30. The highest BCUT2D eigenvalue weighted by Gasteiger charge is 2.21. The van der Waals surface area contributed by atoms with Gasteiger partial charge in [0.05, 0.1) is 12.3 Å². The van der Waals surface area contributed by atoms with Crippen molar-refractivity contribution in [3.63, 3.8) is 0 Å². The van der Waals surface area contributed by atoms with Gasteiger partial charge in [-0.3, -0.25) is 4.90 Å². The third-order valence-electron chi connectivity index (χ3n) is 3.10. The maximum absolute atomic E-state index is 12.1. The maximum atomic E-state index is 12.1. The number of aliphatic hydroxyl groups excluding tert-OH is 1. The van der Waals surface area contributed by atoms with E-state index in [1.165, 1.54) is 4.90 Å². The fraction of sp³-hybridized carbons (Fsp3) is 0.632. The van der Waals surface area contributed by atoms with Crippen molar-refractivity contribution in [3.8, 4) is 5.75 Å². The van der Waals surface area contributed by atoms with E-state index in [1.54, 1.807) is 13.1 Å². The molecule has 0 aliphatic rings. The molecule has 1 aromatic rings. The SMILES string of the molecule is CC.CN(C(=O)OC(C)(C)C)c1ccc(CCCN)c(OCCO)c1. The third-order valence-corrected chi connectivity index (χ3v) is 3.10. The number of carbonyl (C=O) groups is 1. The first kappa shape index (κ1) is 23.2. The number of rotatable bonds is 7. The normalized spacial score (nSPS) is 10.6. The Labute approximate surface area is 151 Å². The molecule has 6 nitrogen and oxygen atoms in total. The number of benzene rings is 1. The van der Waals surface area contributed by atoms with Crippen LogP contribution in [0, 0.1) is 0 Å². The van der Waals surface area contributed by atoms with Gasteiger partial charge in [0.2, 0.25) is 0 Å². The number of hydrogen-bond donors (Lipinski definition) is 2. The summed E-state index contributed by atoms with van der Waals surface area (Å²) in [4.78, 5) is 13.6. The molecule has 0 bridgehead atoms. The largest absolute Gasteiger partial charge is 0.491 e. The summed E-state index contributed by atoms with van der Waals surface area (Å²) in [5.74, 6) is 0.653. The molecule has 144 valence electrons. The van der Waals surface area contributed by atoms with Crippen molar-refractivity contribution in [2.45, 2.75) is 53.1 Å². The highest BCUT2D eigenvalue weighted by atomic mass is 16.6. The van der Waals surface area contributed by atoms with Crippen molar-refractivity contribution in [2.75, 3.05) is 31.7 Å². The molecule has 0 aliphatic carbocycles. The summed E-state index contributed by atoms with van der Waals surface area (Å²) in [6.45, 7) is 10.2. The quantitative estimate of drug-likeness (QED) is 0.784. The first-order valence-corrected chi connectivity index (χ1v) is 8.82. The second-order valence-electron chi connectivity index (χ2n) is 6.30. The van der Waals surface area contributed by atoms with Crippen LogP contribution in [-0.4, -0.2) is 43.6 Å². The van der Waals surface area contributed by atoms with Crippen LogP contribution in [0.3, 0.4) is 0 Å². The second kappa shape index (κ2) is 11.7. The molecule has 3 N–H and O–H groups in total. The summed E-state index contributed by atoms with van der Waals surface area (Å²) in [5.41, 5.74) is 6.67. The molecule has 0 fully saturated rings.